The lowest BCUT2D eigenvalue weighted by Gasteiger charge is -2.39. The SMILES string of the molecule is CCCNC(C)(CN(CC)C1CCCCC1)C(=O)O. The molecule has 0 heterocycles. The van der Waals surface area contributed by atoms with Gasteiger partial charge in [0.25, 0.3) is 0 Å². The van der Waals surface area contributed by atoms with E-state index in [1.165, 1.54) is 32.1 Å². The van der Waals surface area contributed by atoms with Crippen LogP contribution in [0.15, 0.2) is 0 Å². The van der Waals surface area contributed by atoms with Gasteiger partial charge in [-0.25, -0.2) is 0 Å². The van der Waals surface area contributed by atoms with Crippen LogP contribution in [-0.4, -0.2) is 47.2 Å². The molecular weight excluding hydrogens is 240 g/mol. The van der Waals surface area contributed by atoms with Crippen molar-refractivity contribution in [2.45, 2.75) is 70.9 Å². The first kappa shape index (κ1) is 16.4. The molecule has 19 heavy (non-hydrogen) atoms. The van der Waals surface area contributed by atoms with E-state index in [2.05, 4.69) is 24.1 Å². The fourth-order valence-corrected chi connectivity index (χ4v) is 2.95. The second kappa shape index (κ2) is 7.85. The zero-order valence-electron chi connectivity index (χ0n) is 12.7. The number of aliphatic carboxylic acids is 1. The zero-order chi connectivity index (χ0) is 14.3. The lowest BCUT2D eigenvalue weighted by atomic mass is 9.92. The third-order valence-corrected chi connectivity index (χ3v) is 4.25. The minimum Gasteiger partial charge on any atom is -0.480 e. The summed E-state index contributed by atoms with van der Waals surface area (Å²) in [5.74, 6) is -0.741. The normalized spacial score (nSPS) is 20.4. The van der Waals surface area contributed by atoms with Crippen molar-refractivity contribution in [2.24, 2.45) is 0 Å². The number of carboxylic acid groups (broad SMARTS) is 1. The van der Waals surface area contributed by atoms with Crippen LogP contribution in [0.3, 0.4) is 0 Å². The number of carbonyl (C=O) groups is 1. The van der Waals surface area contributed by atoms with Crippen molar-refractivity contribution in [1.82, 2.24) is 10.2 Å². The van der Waals surface area contributed by atoms with Crippen molar-refractivity contribution in [1.29, 1.82) is 0 Å². The number of likely N-dealkylation sites (N-methyl/N-ethyl adjacent to an activating group) is 1. The van der Waals surface area contributed by atoms with Crippen LogP contribution in [0, 0.1) is 0 Å². The van der Waals surface area contributed by atoms with Crippen LogP contribution < -0.4 is 5.32 Å². The summed E-state index contributed by atoms with van der Waals surface area (Å²) in [6.45, 7) is 8.30. The second-order valence-corrected chi connectivity index (χ2v) is 5.92. The number of hydrogen-bond acceptors (Lipinski definition) is 3. The van der Waals surface area contributed by atoms with Crippen LogP contribution in [0.4, 0.5) is 0 Å². The molecule has 112 valence electrons. The van der Waals surface area contributed by atoms with E-state index in [4.69, 9.17) is 0 Å². The van der Waals surface area contributed by atoms with E-state index in [1.54, 1.807) is 0 Å². The highest BCUT2D eigenvalue weighted by Gasteiger charge is 2.36. The van der Waals surface area contributed by atoms with Gasteiger partial charge in [0.05, 0.1) is 0 Å². The number of nitrogens with zero attached hydrogens (tertiary/aromatic N) is 1. The average Bonchev–Trinajstić information content (AvgIpc) is 2.43. The van der Waals surface area contributed by atoms with Gasteiger partial charge in [0.1, 0.15) is 5.54 Å². The van der Waals surface area contributed by atoms with Crippen LogP contribution in [0.2, 0.25) is 0 Å². The van der Waals surface area contributed by atoms with Crippen LogP contribution in [0.1, 0.15) is 59.3 Å². The van der Waals surface area contributed by atoms with Crippen molar-refractivity contribution in [2.75, 3.05) is 19.6 Å². The lowest BCUT2D eigenvalue weighted by molar-refractivity contribution is -0.145. The molecule has 1 aliphatic carbocycles. The summed E-state index contributed by atoms with van der Waals surface area (Å²) in [6, 6.07) is 0.570. The molecule has 1 rings (SSSR count). The highest BCUT2D eigenvalue weighted by molar-refractivity contribution is 5.78. The van der Waals surface area contributed by atoms with Crippen LogP contribution in [0.5, 0.6) is 0 Å². The monoisotopic (exact) mass is 270 g/mol. The summed E-state index contributed by atoms with van der Waals surface area (Å²) in [4.78, 5) is 13.9. The standard InChI is InChI=1S/C15H30N2O2/c1-4-11-16-15(3,14(18)19)12-17(5-2)13-9-7-6-8-10-13/h13,16H,4-12H2,1-3H3,(H,18,19). The highest BCUT2D eigenvalue weighted by Crippen LogP contribution is 2.24. The van der Waals surface area contributed by atoms with Crippen molar-refractivity contribution < 1.29 is 9.90 Å². The largest absolute Gasteiger partial charge is 0.480 e. The van der Waals surface area contributed by atoms with Crippen molar-refractivity contribution in [3.8, 4) is 0 Å². The fourth-order valence-electron chi connectivity index (χ4n) is 2.95. The van der Waals surface area contributed by atoms with E-state index < -0.39 is 11.5 Å². The summed E-state index contributed by atoms with van der Waals surface area (Å²) in [7, 11) is 0. The Bertz CT molecular complexity index is 277. The van der Waals surface area contributed by atoms with Gasteiger partial charge in [-0.15, -0.1) is 0 Å². The Kier molecular flexibility index (Phi) is 6.80. The Balaban J connectivity index is 2.65. The summed E-state index contributed by atoms with van der Waals surface area (Å²) in [6.07, 6.45) is 7.30. The molecule has 0 radical (unpaired) electrons. The van der Waals surface area contributed by atoms with E-state index in [-0.39, 0.29) is 0 Å². The van der Waals surface area contributed by atoms with Crippen molar-refractivity contribution in [3.63, 3.8) is 0 Å². The van der Waals surface area contributed by atoms with E-state index in [0.717, 1.165) is 19.5 Å². The van der Waals surface area contributed by atoms with E-state index in [0.29, 0.717) is 12.6 Å². The third-order valence-electron chi connectivity index (χ3n) is 4.25. The molecule has 0 aromatic rings. The quantitative estimate of drug-likeness (QED) is 0.711. The molecule has 0 aliphatic heterocycles. The summed E-state index contributed by atoms with van der Waals surface area (Å²) < 4.78 is 0. The molecular formula is C15H30N2O2. The van der Waals surface area contributed by atoms with E-state index >= 15 is 0 Å². The highest BCUT2D eigenvalue weighted by atomic mass is 16.4. The first-order chi connectivity index (χ1) is 9.03. The van der Waals surface area contributed by atoms with Gasteiger partial charge in [-0.1, -0.05) is 33.1 Å². The summed E-state index contributed by atoms with van der Waals surface area (Å²) >= 11 is 0. The maximum Gasteiger partial charge on any atom is 0.324 e. The summed E-state index contributed by atoms with van der Waals surface area (Å²) in [5, 5.41) is 12.7. The van der Waals surface area contributed by atoms with Crippen LogP contribution in [0.25, 0.3) is 0 Å². The Hall–Kier alpha value is -0.610. The third kappa shape index (κ3) is 4.77. The van der Waals surface area contributed by atoms with Gasteiger partial charge in [-0.05, 0) is 39.3 Å². The molecule has 4 heteroatoms. The molecule has 0 bridgehead atoms. The fraction of sp³-hybridized carbons (Fsp3) is 0.933. The Labute approximate surface area is 117 Å². The van der Waals surface area contributed by atoms with Gasteiger partial charge >= 0.3 is 5.97 Å². The van der Waals surface area contributed by atoms with Gasteiger partial charge in [0.15, 0.2) is 0 Å². The maximum atomic E-state index is 11.6. The second-order valence-electron chi connectivity index (χ2n) is 5.92. The van der Waals surface area contributed by atoms with Gasteiger partial charge in [-0.2, -0.15) is 0 Å². The minimum absolute atomic E-state index is 0.570. The molecule has 0 saturated heterocycles. The van der Waals surface area contributed by atoms with Gasteiger partial charge in [-0.3, -0.25) is 9.69 Å². The maximum absolute atomic E-state index is 11.6. The topological polar surface area (TPSA) is 52.6 Å². The van der Waals surface area contributed by atoms with Crippen LogP contribution in [-0.2, 0) is 4.79 Å². The van der Waals surface area contributed by atoms with Crippen molar-refractivity contribution >= 4 is 5.97 Å². The molecule has 1 fully saturated rings. The van der Waals surface area contributed by atoms with Crippen LogP contribution >= 0.6 is 0 Å². The lowest BCUT2D eigenvalue weighted by Crippen LogP contribution is -2.58. The minimum atomic E-state index is -0.830. The van der Waals surface area contributed by atoms with E-state index in [1.807, 2.05) is 6.92 Å². The van der Waals surface area contributed by atoms with Crippen molar-refractivity contribution in [3.05, 3.63) is 0 Å². The summed E-state index contributed by atoms with van der Waals surface area (Å²) in [5.41, 5.74) is -0.830. The van der Waals surface area contributed by atoms with E-state index in [9.17, 15) is 9.90 Å². The number of nitrogens with one attached hydrogen (secondary N) is 1. The molecule has 1 atom stereocenters. The van der Waals surface area contributed by atoms with Gasteiger partial charge in [0.2, 0.25) is 0 Å². The smallest absolute Gasteiger partial charge is 0.324 e. The van der Waals surface area contributed by atoms with Gasteiger partial charge in [0, 0.05) is 12.6 Å². The molecule has 4 nitrogen and oxygen atoms in total. The molecule has 0 aromatic carbocycles. The number of hydrogen-bond donors (Lipinski definition) is 2. The molecule has 1 aliphatic rings. The molecule has 0 amide bonds. The zero-order valence-corrected chi connectivity index (χ0v) is 12.7. The Morgan fingerprint density at radius 2 is 1.95 bits per heavy atom. The molecule has 0 aromatic heterocycles. The predicted octanol–water partition coefficient (Wildman–Crippen LogP) is 2.48. The number of rotatable bonds is 8. The van der Waals surface area contributed by atoms with Gasteiger partial charge < -0.3 is 10.4 Å². The Morgan fingerprint density at radius 1 is 1.32 bits per heavy atom. The Morgan fingerprint density at radius 3 is 2.42 bits per heavy atom. The number of carboxylic acids is 1. The average molecular weight is 270 g/mol. The molecule has 0 spiro atoms. The molecule has 1 unspecified atom stereocenters. The molecule has 2 N–H and O–H groups in total. The molecule has 1 saturated carbocycles. The first-order valence-electron chi connectivity index (χ1n) is 7.76. The predicted molar refractivity (Wildman–Crippen MR) is 78.5 cm³/mol. The first-order valence-corrected chi connectivity index (χ1v) is 7.76.